The van der Waals surface area contributed by atoms with Crippen LogP contribution in [0.15, 0.2) is 48.5 Å². The lowest BCUT2D eigenvalue weighted by Crippen LogP contribution is -2.44. The van der Waals surface area contributed by atoms with Crippen LogP contribution in [0.2, 0.25) is 0 Å². The summed E-state index contributed by atoms with van der Waals surface area (Å²) in [6, 6.07) is 14.1. The number of hydrogen-bond acceptors (Lipinski definition) is 5. The fourth-order valence-electron chi connectivity index (χ4n) is 3.90. The first-order chi connectivity index (χ1) is 16.2. The maximum absolute atomic E-state index is 13.0. The van der Waals surface area contributed by atoms with Crippen LogP contribution < -0.4 is 15.4 Å². The molecule has 1 atom stereocenters. The molecular weight excluding hydrogens is 434 g/mol. The smallest absolute Gasteiger partial charge is 0.325 e. The summed E-state index contributed by atoms with van der Waals surface area (Å²) in [6.45, 7) is 3.47. The molecule has 2 N–H and O–H groups in total. The summed E-state index contributed by atoms with van der Waals surface area (Å²) in [5, 5.41) is 5.51. The zero-order chi connectivity index (χ0) is 24.7. The standard InChI is InChI=1S/C26H31N3O5/c1-18(30)27-16-4-5-19-6-10-21(11-7-19)23(31)17-29-24(32)26(2,28-25(29)33)15-14-20-8-12-22(34-3)13-9-20/h6-13H,4-5,14-17H2,1-3H3,(H,27,30)(H,28,33)/t26-/m1/s1. The van der Waals surface area contributed by atoms with Crippen molar-refractivity contribution in [3.63, 3.8) is 0 Å². The predicted molar refractivity (Wildman–Crippen MR) is 128 cm³/mol. The lowest BCUT2D eigenvalue weighted by Gasteiger charge is -2.21. The normalized spacial score (nSPS) is 17.4. The van der Waals surface area contributed by atoms with Crippen molar-refractivity contribution in [2.75, 3.05) is 20.2 Å². The second-order valence-electron chi connectivity index (χ2n) is 8.71. The summed E-state index contributed by atoms with van der Waals surface area (Å²) in [4.78, 5) is 50.2. The third kappa shape index (κ3) is 6.21. The van der Waals surface area contributed by atoms with Crippen LogP contribution in [-0.4, -0.2) is 54.3 Å². The van der Waals surface area contributed by atoms with Crippen LogP contribution in [0.5, 0.6) is 5.75 Å². The Kier molecular flexibility index (Phi) is 8.04. The molecule has 0 saturated carbocycles. The molecule has 0 radical (unpaired) electrons. The summed E-state index contributed by atoms with van der Waals surface area (Å²) in [5.41, 5.74) is 1.45. The van der Waals surface area contributed by atoms with Crippen LogP contribution in [0.4, 0.5) is 4.79 Å². The van der Waals surface area contributed by atoms with E-state index in [0.29, 0.717) is 24.9 Å². The summed E-state index contributed by atoms with van der Waals surface area (Å²) >= 11 is 0. The topological polar surface area (TPSA) is 105 Å². The quantitative estimate of drug-likeness (QED) is 0.302. The molecule has 0 spiro atoms. The largest absolute Gasteiger partial charge is 0.497 e. The van der Waals surface area contributed by atoms with Crippen LogP contribution in [0.3, 0.4) is 0 Å². The molecule has 0 bridgehead atoms. The summed E-state index contributed by atoms with van der Waals surface area (Å²) in [7, 11) is 1.60. The minimum atomic E-state index is -1.06. The van der Waals surface area contributed by atoms with Gasteiger partial charge in [0.1, 0.15) is 11.3 Å². The van der Waals surface area contributed by atoms with Gasteiger partial charge in [0.15, 0.2) is 5.78 Å². The molecule has 34 heavy (non-hydrogen) atoms. The van der Waals surface area contributed by atoms with Gasteiger partial charge in [0.2, 0.25) is 5.91 Å². The number of methoxy groups -OCH3 is 1. The third-order valence-corrected chi connectivity index (χ3v) is 6.01. The van der Waals surface area contributed by atoms with Crippen molar-refractivity contribution in [1.29, 1.82) is 0 Å². The number of carbonyl (C=O) groups is 4. The average molecular weight is 466 g/mol. The van der Waals surface area contributed by atoms with Gasteiger partial charge in [-0.05, 0) is 55.9 Å². The molecule has 0 aromatic heterocycles. The van der Waals surface area contributed by atoms with E-state index in [1.54, 1.807) is 26.2 Å². The first-order valence-corrected chi connectivity index (χ1v) is 11.4. The Hall–Kier alpha value is -3.68. The number of amides is 4. The fourth-order valence-corrected chi connectivity index (χ4v) is 3.90. The predicted octanol–water partition coefficient (Wildman–Crippen LogP) is 2.89. The molecule has 0 unspecified atom stereocenters. The third-order valence-electron chi connectivity index (χ3n) is 6.01. The van der Waals surface area contributed by atoms with E-state index in [9.17, 15) is 19.2 Å². The number of aryl methyl sites for hydroxylation is 2. The molecule has 1 heterocycles. The van der Waals surface area contributed by atoms with Crippen molar-refractivity contribution >= 4 is 23.6 Å². The number of Topliss-reactive ketones (excluding diaryl/α,β-unsaturated/α-hetero) is 1. The zero-order valence-corrected chi connectivity index (χ0v) is 19.8. The highest BCUT2D eigenvalue weighted by Crippen LogP contribution is 2.24. The van der Waals surface area contributed by atoms with E-state index < -0.39 is 17.5 Å². The summed E-state index contributed by atoms with van der Waals surface area (Å²) < 4.78 is 5.16. The zero-order valence-electron chi connectivity index (χ0n) is 19.8. The fraction of sp³-hybridized carbons (Fsp3) is 0.385. The molecule has 2 aromatic carbocycles. The molecule has 8 nitrogen and oxygen atoms in total. The lowest BCUT2D eigenvalue weighted by molar-refractivity contribution is -0.130. The monoisotopic (exact) mass is 465 g/mol. The second-order valence-corrected chi connectivity index (χ2v) is 8.71. The summed E-state index contributed by atoms with van der Waals surface area (Å²) in [6.07, 6.45) is 2.58. The number of imide groups is 1. The number of carbonyl (C=O) groups excluding carboxylic acids is 4. The van der Waals surface area contributed by atoms with Gasteiger partial charge >= 0.3 is 6.03 Å². The van der Waals surface area contributed by atoms with Gasteiger partial charge in [0.25, 0.3) is 5.91 Å². The minimum Gasteiger partial charge on any atom is -0.497 e. The number of rotatable bonds is 11. The molecule has 8 heteroatoms. The Morgan fingerprint density at radius 3 is 2.24 bits per heavy atom. The number of urea groups is 1. The Morgan fingerprint density at radius 2 is 1.62 bits per heavy atom. The van der Waals surface area contributed by atoms with Crippen LogP contribution in [0.1, 0.15) is 48.2 Å². The van der Waals surface area contributed by atoms with Crippen molar-refractivity contribution in [3.8, 4) is 5.75 Å². The van der Waals surface area contributed by atoms with Gasteiger partial charge in [0, 0.05) is 19.0 Å². The van der Waals surface area contributed by atoms with E-state index in [1.807, 2.05) is 36.4 Å². The van der Waals surface area contributed by atoms with Crippen molar-refractivity contribution in [1.82, 2.24) is 15.5 Å². The molecule has 1 aliphatic rings. The van der Waals surface area contributed by atoms with Gasteiger partial charge in [-0.2, -0.15) is 0 Å². The SMILES string of the molecule is COc1ccc(CC[C@@]2(C)NC(=O)N(CC(=O)c3ccc(CCCNC(C)=O)cc3)C2=O)cc1. The Labute approximate surface area is 199 Å². The van der Waals surface area contributed by atoms with Crippen molar-refractivity contribution in [2.45, 2.75) is 45.1 Å². The molecule has 3 rings (SSSR count). The highest BCUT2D eigenvalue weighted by atomic mass is 16.5. The molecule has 0 aliphatic carbocycles. The van der Waals surface area contributed by atoms with Crippen molar-refractivity contribution < 1.29 is 23.9 Å². The molecule has 180 valence electrons. The second kappa shape index (κ2) is 11.0. The molecule has 4 amide bonds. The van der Waals surface area contributed by atoms with Gasteiger partial charge in [0.05, 0.1) is 13.7 Å². The number of ether oxygens (including phenoxy) is 1. The number of nitrogens with zero attached hydrogens (tertiary/aromatic N) is 1. The Morgan fingerprint density at radius 1 is 1.00 bits per heavy atom. The molecule has 2 aromatic rings. The molecular formula is C26H31N3O5. The number of hydrogen-bond donors (Lipinski definition) is 2. The Bertz CT molecular complexity index is 1050. The lowest BCUT2D eigenvalue weighted by atomic mass is 9.93. The van der Waals surface area contributed by atoms with Gasteiger partial charge in [-0.1, -0.05) is 36.4 Å². The molecule has 1 fully saturated rings. The first-order valence-electron chi connectivity index (χ1n) is 11.4. The average Bonchev–Trinajstić information content (AvgIpc) is 3.04. The van der Waals surface area contributed by atoms with Gasteiger partial charge in [-0.3, -0.25) is 19.3 Å². The van der Waals surface area contributed by atoms with Crippen LogP contribution in [0.25, 0.3) is 0 Å². The molecule has 1 aliphatic heterocycles. The Balaban J connectivity index is 1.55. The van der Waals surface area contributed by atoms with Crippen molar-refractivity contribution in [2.24, 2.45) is 0 Å². The number of ketones is 1. The maximum atomic E-state index is 13.0. The van der Waals surface area contributed by atoms with Gasteiger partial charge < -0.3 is 15.4 Å². The van der Waals surface area contributed by atoms with E-state index >= 15 is 0 Å². The van der Waals surface area contributed by atoms with E-state index in [-0.39, 0.29) is 18.2 Å². The van der Waals surface area contributed by atoms with E-state index in [1.165, 1.54) is 6.92 Å². The van der Waals surface area contributed by atoms with Gasteiger partial charge in [-0.25, -0.2) is 4.79 Å². The first kappa shape index (κ1) is 25.0. The maximum Gasteiger partial charge on any atom is 0.325 e. The molecule has 1 saturated heterocycles. The van der Waals surface area contributed by atoms with Crippen molar-refractivity contribution in [3.05, 3.63) is 65.2 Å². The van der Waals surface area contributed by atoms with E-state index in [4.69, 9.17) is 4.74 Å². The van der Waals surface area contributed by atoms with Crippen LogP contribution in [0, 0.1) is 0 Å². The van der Waals surface area contributed by atoms with Crippen LogP contribution in [-0.2, 0) is 22.4 Å². The minimum absolute atomic E-state index is 0.0572. The number of benzene rings is 2. The highest BCUT2D eigenvalue weighted by molar-refractivity contribution is 6.11. The van der Waals surface area contributed by atoms with Gasteiger partial charge in [-0.15, -0.1) is 0 Å². The number of nitrogens with one attached hydrogen (secondary N) is 2. The van der Waals surface area contributed by atoms with E-state index in [0.717, 1.165) is 34.6 Å². The van der Waals surface area contributed by atoms with Crippen LogP contribution >= 0.6 is 0 Å². The summed E-state index contributed by atoms with van der Waals surface area (Å²) in [5.74, 6) is 0.00263. The highest BCUT2D eigenvalue weighted by Gasteiger charge is 2.47. The van der Waals surface area contributed by atoms with E-state index in [2.05, 4.69) is 10.6 Å².